The van der Waals surface area contributed by atoms with E-state index in [1.807, 2.05) is 0 Å². The van der Waals surface area contributed by atoms with E-state index in [1.54, 1.807) is 27.7 Å². The normalized spacial score (nSPS) is 20.4. The highest BCUT2D eigenvalue weighted by molar-refractivity contribution is 5.07. The molecular formula is C14H24N4O2. The maximum atomic E-state index is 9.27. The van der Waals surface area contributed by atoms with E-state index in [0.29, 0.717) is 25.7 Å². The minimum absolute atomic E-state index is 0.378. The largest absolute Gasteiger partial charge is 0.393 e. The molecule has 20 heavy (non-hydrogen) atoms. The summed E-state index contributed by atoms with van der Waals surface area (Å²) in [4.78, 5) is 0. The minimum atomic E-state index is -1.04. The lowest BCUT2D eigenvalue weighted by molar-refractivity contribution is 0.171. The highest BCUT2D eigenvalue weighted by Gasteiger charge is 2.28. The van der Waals surface area contributed by atoms with E-state index < -0.39 is 23.3 Å². The molecule has 0 amide bonds. The standard InChI is InChI=1S/C14H24N4O2/c1-11(19)5-7-13(3,9-15)17-18-14(4,10-16)8-6-12(2)20/h11-12,19-20H,5-8H2,1-4H3. The van der Waals surface area contributed by atoms with Gasteiger partial charge in [-0.15, -0.1) is 0 Å². The lowest BCUT2D eigenvalue weighted by atomic mass is 9.96. The second kappa shape index (κ2) is 7.94. The molecule has 4 atom stereocenters. The Morgan fingerprint density at radius 2 is 1.20 bits per heavy atom. The second-order valence-corrected chi connectivity index (χ2v) is 5.75. The van der Waals surface area contributed by atoms with Crippen molar-refractivity contribution in [3.8, 4) is 12.1 Å². The van der Waals surface area contributed by atoms with E-state index >= 15 is 0 Å². The number of azo groups is 1. The topological polar surface area (TPSA) is 113 Å². The van der Waals surface area contributed by atoms with Gasteiger partial charge in [0.05, 0.1) is 24.3 Å². The summed E-state index contributed by atoms with van der Waals surface area (Å²) in [5.74, 6) is 0. The Kier molecular flexibility index (Phi) is 7.34. The highest BCUT2D eigenvalue weighted by atomic mass is 16.3. The van der Waals surface area contributed by atoms with Gasteiger partial charge in [-0.3, -0.25) is 0 Å². The fourth-order valence-electron chi connectivity index (χ4n) is 1.46. The summed E-state index contributed by atoms with van der Waals surface area (Å²) in [5, 5.41) is 44.9. The molecule has 2 N–H and O–H groups in total. The van der Waals surface area contributed by atoms with Crippen LogP contribution in [0.15, 0.2) is 10.2 Å². The Bertz CT molecular complexity index is 370. The molecular weight excluding hydrogens is 256 g/mol. The van der Waals surface area contributed by atoms with E-state index in [1.165, 1.54) is 0 Å². The first-order valence-corrected chi connectivity index (χ1v) is 6.79. The third-order valence-electron chi connectivity index (χ3n) is 3.07. The Hall–Kier alpha value is -1.50. The molecule has 0 aromatic rings. The summed E-state index contributed by atoms with van der Waals surface area (Å²) in [6.45, 7) is 6.56. The number of rotatable bonds is 8. The molecule has 6 nitrogen and oxygen atoms in total. The summed E-state index contributed by atoms with van der Waals surface area (Å²) in [6, 6.07) is 4.13. The van der Waals surface area contributed by atoms with Gasteiger partial charge in [-0.25, -0.2) is 0 Å². The van der Waals surface area contributed by atoms with Crippen LogP contribution >= 0.6 is 0 Å². The van der Waals surface area contributed by atoms with Crippen LogP contribution in [0.1, 0.15) is 53.4 Å². The van der Waals surface area contributed by atoms with Crippen molar-refractivity contribution in [2.24, 2.45) is 10.2 Å². The van der Waals surface area contributed by atoms with Crippen LogP contribution in [-0.2, 0) is 0 Å². The van der Waals surface area contributed by atoms with Crippen LogP contribution in [0, 0.1) is 22.7 Å². The zero-order valence-electron chi connectivity index (χ0n) is 12.7. The summed E-state index contributed by atoms with van der Waals surface area (Å²) in [5.41, 5.74) is -2.08. The lowest BCUT2D eigenvalue weighted by Crippen LogP contribution is -2.25. The number of nitriles is 2. The Labute approximate surface area is 120 Å². The molecule has 0 aliphatic heterocycles. The van der Waals surface area contributed by atoms with Crippen LogP contribution in [0.3, 0.4) is 0 Å². The van der Waals surface area contributed by atoms with Gasteiger partial charge in [0.1, 0.15) is 0 Å². The maximum Gasteiger partial charge on any atom is 0.164 e. The van der Waals surface area contributed by atoms with Gasteiger partial charge in [-0.05, 0) is 53.4 Å². The number of hydrogen-bond donors (Lipinski definition) is 2. The quantitative estimate of drug-likeness (QED) is 0.664. The van der Waals surface area contributed by atoms with Crippen molar-refractivity contribution in [1.82, 2.24) is 0 Å². The fraction of sp³-hybridized carbons (Fsp3) is 0.857. The first kappa shape index (κ1) is 18.5. The molecule has 0 fully saturated rings. The maximum absolute atomic E-state index is 9.27. The molecule has 0 aromatic heterocycles. The van der Waals surface area contributed by atoms with E-state index in [2.05, 4.69) is 22.4 Å². The third kappa shape index (κ3) is 7.18. The van der Waals surface area contributed by atoms with Crippen molar-refractivity contribution in [2.75, 3.05) is 0 Å². The monoisotopic (exact) mass is 280 g/mol. The zero-order valence-corrected chi connectivity index (χ0v) is 12.7. The predicted molar refractivity (Wildman–Crippen MR) is 74.7 cm³/mol. The molecule has 4 unspecified atom stereocenters. The molecule has 0 radical (unpaired) electrons. The van der Waals surface area contributed by atoms with Gasteiger partial charge >= 0.3 is 0 Å². The van der Waals surface area contributed by atoms with E-state index in [4.69, 9.17) is 0 Å². The highest BCUT2D eigenvalue weighted by Crippen LogP contribution is 2.24. The second-order valence-electron chi connectivity index (χ2n) is 5.75. The molecule has 0 aliphatic rings. The van der Waals surface area contributed by atoms with Gasteiger partial charge in [0.15, 0.2) is 11.1 Å². The average molecular weight is 280 g/mol. The molecule has 0 aliphatic carbocycles. The van der Waals surface area contributed by atoms with Gasteiger partial charge < -0.3 is 10.2 Å². The molecule has 6 heteroatoms. The Morgan fingerprint density at radius 1 is 0.900 bits per heavy atom. The van der Waals surface area contributed by atoms with Crippen LogP contribution in [0.4, 0.5) is 0 Å². The Balaban J connectivity index is 4.84. The van der Waals surface area contributed by atoms with E-state index in [0.717, 1.165) is 0 Å². The van der Waals surface area contributed by atoms with Crippen LogP contribution < -0.4 is 0 Å². The molecule has 0 saturated carbocycles. The van der Waals surface area contributed by atoms with Crippen LogP contribution in [-0.4, -0.2) is 33.5 Å². The molecule has 0 rings (SSSR count). The molecule has 0 spiro atoms. The first-order valence-electron chi connectivity index (χ1n) is 6.79. The van der Waals surface area contributed by atoms with Crippen molar-refractivity contribution in [3.63, 3.8) is 0 Å². The van der Waals surface area contributed by atoms with Gasteiger partial charge in [0.25, 0.3) is 0 Å². The van der Waals surface area contributed by atoms with Gasteiger partial charge in [0, 0.05) is 0 Å². The van der Waals surface area contributed by atoms with Gasteiger partial charge in [0.2, 0.25) is 0 Å². The lowest BCUT2D eigenvalue weighted by Gasteiger charge is -2.20. The molecule has 112 valence electrons. The summed E-state index contributed by atoms with van der Waals surface area (Å²) in [6.07, 6.45) is 0.636. The summed E-state index contributed by atoms with van der Waals surface area (Å²) in [7, 11) is 0. The smallest absolute Gasteiger partial charge is 0.164 e. The van der Waals surface area contributed by atoms with Gasteiger partial charge in [-0.2, -0.15) is 20.8 Å². The van der Waals surface area contributed by atoms with E-state index in [9.17, 15) is 20.7 Å². The van der Waals surface area contributed by atoms with E-state index in [-0.39, 0.29) is 0 Å². The minimum Gasteiger partial charge on any atom is -0.393 e. The molecule has 0 heterocycles. The van der Waals surface area contributed by atoms with Crippen molar-refractivity contribution < 1.29 is 10.2 Å². The first-order chi connectivity index (χ1) is 9.16. The summed E-state index contributed by atoms with van der Waals surface area (Å²) < 4.78 is 0. The summed E-state index contributed by atoms with van der Waals surface area (Å²) >= 11 is 0. The SMILES string of the molecule is CC(O)CCC(C)(C#N)N=NC(C)(C#N)CCC(C)O. The van der Waals surface area contributed by atoms with Crippen LogP contribution in [0.5, 0.6) is 0 Å². The third-order valence-corrected chi connectivity index (χ3v) is 3.07. The number of nitrogens with zero attached hydrogens (tertiary/aromatic N) is 4. The molecule has 0 aromatic carbocycles. The number of aliphatic hydroxyl groups excluding tert-OH is 2. The number of aliphatic hydroxyl groups is 2. The average Bonchev–Trinajstić information content (AvgIpc) is 2.41. The van der Waals surface area contributed by atoms with Crippen molar-refractivity contribution >= 4 is 0 Å². The Morgan fingerprint density at radius 3 is 1.40 bits per heavy atom. The molecule has 0 saturated heterocycles. The molecule has 0 bridgehead atoms. The van der Waals surface area contributed by atoms with Crippen molar-refractivity contribution in [1.29, 1.82) is 10.5 Å². The predicted octanol–water partition coefficient (Wildman–Crippen LogP) is 2.33. The van der Waals surface area contributed by atoms with Crippen LogP contribution in [0.25, 0.3) is 0 Å². The van der Waals surface area contributed by atoms with Crippen molar-refractivity contribution in [3.05, 3.63) is 0 Å². The van der Waals surface area contributed by atoms with Gasteiger partial charge in [-0.1, -0.05) is 0 Å². The van der Waals surface area contributed by atoms with Crippen molar-refractivity contribution in [2.45, 2.75) is 76.7 Å². The zero-order chi connectivity index (χ0) is 15.8. The van der Waals surface area contributed by atoms with Crippen LogP contribution in [0.2, 0.25) is 0 Å². The fourth-order valence-corrected chi connectivity index (χ4v) is 1.46. The number of hydrogen-bond acceptors (Lipinski definition) is 6.